The van der Waals surface area contributed by atoms with Gasteiger partial charge < -0.3 is 5.32 Å². The first-order valence-corrected chi connectivity index (χ1v) is 11.7. The highest BCUT2D eigenvalue weighted by molar-refractivity contribution is 7.98. The van der Waals surface area contributed by atoms with Crippen molar-refractivity contribution in [3.05, 3.63) is 69.7 Å². The van der Waals surface area contributed by atoms with E-state index in [-0.39, 0.29) is 23.7 Å². The van der Waals surface area contributed by atoms with E-state index in [1.54, 1.807) is 30.3 Å². The van der Waals surface area contributed by atoms with Crippen LogP contribution in [0, 0.1) is 11.7 Å². The van der Waals surface area contributed by atoms with E-state index in [0.717, 1.165) is 24.8 Å². The Labute approximate surface area is 194 Å². The zero-order valence-corrected chi connectivity index (χ0v) is 19.1. The molecule has 0 bridgehead atoms. The van der Waals surface area contributed by atoms with Gasteiger partial charge in [0, 0.05) is 16.7 Å². The summed E-state index contributed by atoms with van der Waals surface area (Å²) in [5.41, 5.74) is 1.63. The third-order valence-electron chi connectivity index (χ3n) is 5.31. The molecule has 1 amide bonds. The second kappa shape index (κ2) is 9.59. The minimum atomic E-state index is -0.354. The molecule has 1 heterocycles. The normalized spacial score (nSPS) is 14.8. The molecule has 31 heavy (non-hydrogen) atoms. The quantitative estimate of drug-likeness (QED) is 0.424. The number of hydrogen-bond donors (Lipinski definition) is 1. The number of nitrogens with zero attached hydrogens (tertiary/aromatic N) is 3. The summed E-state index contributed by atoms with van der Waals surface area (Å²) in [6, 6.07) is 11.2. The van der Waals surface area contributed by atoms with E-state index < -0.39 is 0 Å². The first-order chi connectivity index (χ1) is 14.9. The second-order valence-corrected chi connectivity index (χ2v) is 9.33. The Kier molecular flexibility index (Phi) is 6.84. The van der Waals surface area contributed by atoms with E-state index in [1.165, 1.54) is 23.9 Å². The summed E-state index contributed by atoms with van der Waals surface area (Å²) >= 11 is 14.0. The zero-order valence-electron chi connectivity index (χ0n) is 16.8. The molecule has 0 radical (unpaired) electrons. The van der Waals surface area contributed by atoms with Gasteiger partial charge in [-0.25, -0.2) is 4.39 Å². The molecule has 1 fully saturated rings. The fourth-order valence-corrected chi connectivity index (χ4v) is 4.74. The molecule has 1 N–H and O–H groups in total. The number of carbonyl (C=O) groups excluding carboxylic acids is 1. The third kappa shape index (κ3) is 5.05. The van der Waals surface area contributed by atoms with Gasteiger partial charge in [0.2, 0.25) is 5.91 Å². The molecule has 3 aromatic rings. The van der Waals surface area contributed by atoms with Crippen molar-refractivity contribution in [1.29, 1.82) is 0 Å². The molecule has 2 aromatic carbocycles. The second-order valence-electron chi connectivity index (χ2n) is 7.55. The van der Waals surface area contributed by atoms with Gasteiger partial charge in [0.25, 0.3) is 0 Å². The van der Waals surface area contributed by atoms with Crippen molar-refractivity contribution in [2.75, 3.05) is 0 Å². The van der Waals surface area contributed by atoms with Gasteiger partial charge in [-0.3, -0.25) is 9.36 Å². The van der Waals surface area contributed by atoms with Crippen LogP contribution in [0.4, 0.5) is 4.39 Å². The SMILES string of the molecule is CC(NC(=O)C1CCC1)c1nnc(SCc2ccc(F)cc2)n1-c1ccc(Cl)cc1Cl. The number of thioether (sulfide) groups is 1. The Balaban J connectivity index is 1.64. The molecule has 1 saturated carbocycles. The maximum Gasteiger partial charge on any atom is 0.223 e. The van der Waals surface area contributed by atoms with Crippen molar-refractivity contribution in [3.8, 4) is 5.69 Å². The lowest BCUT2D eigenvalue weighted by Gasteiger charge is -2.26. The summed E-state index contributed by atoms with van der Waals surface area (Å²) in [6.07, 6.45) is 2.94. The fourth-order valence-electron chi connectivity index (χ4n) is 3.34. The minimum Gasteiger partial charge on any atom is -0.346 e. The van der Waals surface area contributed by atoms with Crippen LogP contribution in [0.25, 0.3) is 5.69 Å². The Bertz CT molecular complexity index is 1090. The first-order valence-electron chi connectivity index (χ1n) is 10.0. The van der Waals surface area contributed by atoms with Crippen molar-refractivity contribution >= 4 is 40.9 Å². The Morgan fingerprint density at radius 2 is 1.97 bits per heavy atom. The largest absolute Gasteiger partial charge is 0.346 e. The number of benzene rings is 2. The van der Waals surface area contributed by atoms with Gasteiger partial charge in [0.15, 0.2) is 11.0 Å². The molecular weight excluding hydrogens is 458 g/mol. The Morgan fingerprint density at radius 3 is 2.61 bits per heavy atom. The van der Waals surface area contributed by atoms with E-state index in [4.69, 9.17) is 23.2 Å². The predicted octanol–water partition coefficient (Wildman–Crippen LogP) is 5.98. The van der Waals surface area contributed by atoms with Gasteiger partial charge >= 0.3 is 0 Å². The van der Waals surface area contributed by atoms with Crippen LogP contribution >= 0.6 is 35.0 Å². The van der Waals surface area contributed by atoms with Crippen LogP contribution in [0.2, 0.25) is 10.0 Å². The summed E-state index contributed by atoms with van der Waals surface area (Å²) in [4.78, 5) is 12.5. The fraction of sp³-hybridized carbons (Fsp3) is 0.318. The highest BCUT2D eigenvalue weighted by atomic mass is 35.5. The number of rotatable bonds is 7. The monoisotopic (exact) mass is 478 g/mol. The van der Waals surface area contributed by atoms with Gasteiger partial charge in [0.05, 0.1) is 16.8 Å². The molecule has 1 unspecified atom stereocenters. The van der Waals surface area contributed by atoms with Gasteiger partial charge in [-0.1, -0.05) is 53.5 Å². The third-order valence-corrected chi connectivity index (χ3v) is 6.85. The molecule has 162 valence electrons. The Hall–Kier alpha value is -2.09. The van der Waals surface area contributed by atoms with Crippen LogP contribution in [0.1, 0.15) is 43.6 Å². The van der Waals surface area contributed by atoms with Crippen LogP contribution in [0.15, 0.2) is 47.6 Å². The highest BCUT2D eigenvalue weighted by Crippen LogP contribution is 2.33. The van der Waals surface area contributed by atoms with Gasteiger partial charge in [-0.15, -0.1) is 10.2 Å². The average Bonchev–Trinajstić information content (AvgIpc) is 3.10. The van der Waals surface area contributed by atoms with Crippen molar-refractivity contribution < 1.29 is 9.18 Å². The van der Waals surface area contributed by atoms with Crippen LogP contribution in [-0.2, 0) is 10.5 Å². The summed E-state index contributed by atoms with van der Waals surface area (Å²) in [7, 11) is 0. The van der Waals surface area contributed by atoms with Gasteiger partial charge in [0.1, 0.15) is 5.82 Å². The van der Waals surface area contributed by atoms with E-state index in [9.17, 15) is 9.18 Å². The Morgan fingerprint density at radius 1 is 1.23 bits per heavy atom. The molecular formula is C22H21Cl2FN4OS. The molecule has 4 rings (SSSR count). The number of hydrogen-bond acceptors (Lipinski definition) is 4. The number of carbonyl (C=O) groups is 1. The van der Waals surface area contributed by atoms with E-state index in [2.05, 4.69) is 15.5 Å². The van der Waals surface area contributed by atoms with Gasteiger partial charge in [-0.05, 0) is 55.7 Å². The van der Waals surface area contributed by atoms with Crippen molar-refractivity contribution in [2.24, 2.45) is 5.92 Å². The van der Waals surface area contributed by atoms with Crippen molar-refractivity contribution in [2.45, 2.75) is 43.1 Å². The van der Waals surface area contributed by atoms with Crippen LogP contribution < -0.4 is 5.32 Å². The summed E-state index contributed by atoms with van der Waals surface area (Å²) in [5.74, 6) is 0.995. The van der Waals surface area contributed by atoms with Crippen LogP contribution in [0.5, 0.6) is 0 Å². The number of amides is 1. The van der Waals surface area contributed by atoms with E-state index in [0.29, 0.717) is 32.5 Å². The lowest BCUT2D eigenvalue weighted by molar-refractivity contribution is -0.128. The molecule has 0 aliphatic heterocycles. The zero-order chi connectivity index (χ0) is 22.0. The predicted molar refractivity (Wildman–Crippen MR) is 121 cm³/mol. The lowest BCUT2D eigenvalue weighted by atomic mass is 9.84. The molecule has 0 spiro atoms. The number of nitrogens with one attached hydrogen (secondary N) is 1. The average molecular weight is 479 g/mol. The lowest BCUT2D eigenvalue weighted by Crippen LogP contribution is -2.36. The maximum atomic E-state index is 13.2. The summed E-state index contributed by atoms with van der Waals surface area (Å²) in [5, 5.41) is 13.4. The van der Waals surface area contributed by atoms with Crippen LogP contribution in [-0.4, -0.2) is 20.7 Å². The summed E-state index contributed by atoms with van der Waals surface area (Å²) < 4.78 is 15.0. The molecule has 1 aliphatic carbocycles. The molecule has 5 nitrogen and oxygen atoms in total. The van der Waals surface area contributed by atoms with Gasteiger partial charge in [-0.2, -0.15) is 0 Å². The van der Waals surface area contributed by atoms with E-state index in [1.807, 2.05) is 11.5 Å². The smallest absolute Gasteiger partial charge is 0.223 e. The standard InChI is InChI=1S/C22H21Cl2FN4OS/c1-13(26-21(30)15-3-2-4-15)20-27-28-22(31-12-14-5-8-17(25)9-6-14)29(20)19-10-7-16(23)11-18(19)24/h5-11,13,15H,2-4,12H2,1H3,(H,26,30). The highest BCUT2D eigenvalue weighted by Gasteiger charge is 2.28. The van der Waals surface area contributed by atoms with Crippen LogP contribution in [0.3, 0.4) is 0 Å². The molecule has 1 aromatic heterocycles. The first kappa shape index (κ1) is 22.1. The molecule has 1 atom stereocenters. The van der Waals surface area contributed by atoms with E-state index >= 15 is 0 Å². The molecule has 1 aliphatic rings. The van der Waals surface area contributed by atoms with Crippen molar-refractivity contribution in [3.63, 3.8) is 0 Å². The minimum absolute atomic E-state index is 0.0380. The van der Waals surface area contributed by atoms with Crippen molar-refractivity contribution in [1.82, 2.24) is 20.1 Å². The number of halogens is 3. The topological polar surface area (TPSA) is 59.8 Å². The maximum absolute atomic E-state index is 13.2. The number of aromatic nitrogens is 3. The summed E-state index contributed by atoms with van der Waals surface area (Å²) in [6.45, 7) is 1.88. The molecule has 0 saturated heterocycles. The molecule has 9 heteroatoms.